The summed E-state index contributed by atoms with van der Waals surface area (Å²) < 4.78 is 10.5. The van der Waals surface area contributed by atoms with Crippen molar-refractivity contribution in [2.24, 2.45) is 0 Å². The van der Waals surface area contributed by atoms with Gasteiger partial charge in [-0.1, -0.05) is 0 Å². The molecule has 1 aromatic carbocycles. The van der Waals surface area contributed by atoms with Crippen molar-refractivity contribution in [2.75, 3.05) is 18.7 Å². The smallest absolute Gasteiger partial charge is 0.231 e. The van der Waals surface area contributed by atoms with Crippen LogP contribution in [-0.2, 0) is 16.1 Å². The number of hydrogen-bond acceptors (Lipinski definition) is 5. The summed E-state index contributed by atoms with van der Waals surface area (Å²) in [5.41, 5.74) is 1.61. The van der Waals surface area contributed by atoms with Crippen molar-refractivity contribution in [1.29, 1.82) is 0 Å². The van der Waals surface area contributed by atoms with Gasteiger partial charge in [0.1, 0.15) is 0 Å². The molecule has 0 bridgehead atoms. The van der Waals surface area contributed by atoms with Gasteiger partial charge in [0, 0.05) is 50.6 Å². The van der Waals surface area contributed by atoms with E-state index >= 15 is 0 Å². The molecule has 1 aromatic heterocycles. The van der Waals surface area contributed by atoms with Gasteiger partial charge in [-0.2, -0.15) is 0 Å². The first kappa shape index (κ1) is 16.8. The molecule has 7 heteroatoms. The highest BCUT2D eigenvalue weighted by Crippen LogP contribution is 2.34. The van der Waals surface area contributed by atoms with Crippen LogP contribution in [0.5, 0.6) is 11.5 Å². The van der Waals surface area contributed by atoms with Crippen molar-refractivity contribution < 1.29 is 19.1 Å². The summed E-state index contributed by atoms with van der Waals surface area (Å²) >= 11 is 0. The van der Waals surface area contributed by atoms with Crippen LogP contribution in [0.25, 0.3) is 0 Å². The number of carbonyl (C=O) groups is 2. The maximum atomic E-state index is 12.2. The van der Waals surface area contributed by atoms with Gasteiger partial charge in [0.2, 0.25) is 18.6 Å². The minimum Gasteiger partial charge on any atom is -0.454 e. The van der Waals surface area contributed by atoms with Crippen molar-refractivity contribution in [3.63, 3.8) is 0 Å². The maximum absolute atomic E-state index is 12.2. The number of carbonyl (C=O) groups excluding carboxylic acids is 2. The van der Waals surface area contributed by atoms with E-state index in [0.29, 0.717) is 30.3 Å². The number of amides is 2. The number of rotatable bonds is 6. The molecule has 2 heterocycles. The first-order chi connectivity index (χ1) is 12.1. The number of anilines is 1. The quantitative estimate of drug-likeness (QED) is 0.871. The van der Waals surface area contributed by atoms with Gasteiger partial charge in [-0.15, -0.1) is 0 Å². The molecule has 0 saturated heterocycles. The Morgan fingerprint density at radius 2 is 1.92 bits per heavy atom. The van der Waals surface area contributed by atoms with Crippen LogP contribution in [0.1, 0.15) is 18.9 Å². The minimum atomic E-state index is -0.167. The Labute approximate surface area is 145 Å². The number of ether oxygens (including phenoxy) is 2. The van der Waals surface area contributed by atoms with Gasteiger partial charge < -0.3 is 19.7 Å². The maximum Gasteiger partial charge on any atom is 0.231 e. The lowest BCUT2D eigenvalue weighted by Gasteiger charge is -2.20. The molecule has 1 aliphatic heterocycles. The summed E-state index contributed by atoms with van der Waals surface area (Å²) in [5, 5.41) is 2.81. The highest BCUT2D eigenvalue weighted by molar-refractivity contribution is 5.91. The van der Waals surface area contributed by atoms with E-state index in [-0.39, 0.29) is 25.0 Å². The Bertz CT molecular complexity index is 764. The van der Waals surface area contributed by atoms with Crippen LogP contribution < -0.4 is 14.8 Å². The fourth-order valence-corrected chi connectivity index (χ4v) is 2.49. The standard InChI is InChI=1S/C18H19N3O4/c1-13(22)21(11-14-4-7-19-8-5-14)9-6-18(23)20-15-2-3-16-17(10-15)25-12-24-16/h2-5,7-8,10H,6,9,11-12H2,1H3,(H,20,23). The number of nitrogens with one attached hydrogen (secondary N) is 1. The predicted molar refractivity (Wildman–Crippen MR) is 91.1 cm³/mol. The molecule has 0 aliphatic carbocycles. The molecule has 0 unspecified atom stereocenters. The van der Waals surface area contributed by atoms with Crippen molar-refractivity contribution >= 4 is 17.5 Å². The second-order valence-electron chi connectivity index (χ2n) is 5.66. The average Bonchev–Trinajstić information content (AvgIpc) is 3.07. The summed E-state index contributed by atoms with van der Waals surface area (Å²) in [4.78, 5) is 29.5. The Kier molecular flexibility index (Phi) is 5.13. The molecule has 3 rings (SSSR count). The Morgan fingerprint density at radius 3 is 2.68 bits per heavy atom. The van der Waals surface area contributed by atoms with Crippen LogP contribution in [0.3, 0.4) is 0 Å². The second kappa shape index (κ2) is 7.65. The van der Waals surface area contributed by atoms with Gasteiger partial charge in [0.15, 0.2) is 11.5 Å². The van der Waals surface area contributed by atoms with E-state index in [1.165, 1.54) is 6.92 Å². The van der Waals surface area contributed by atoms with Crippen LogP contribution >= 0.6 is 0 Å². The Balaban J connectivity index is 1.54. The first-order valence-electron chi connectivity index (χ1n) is 7.96. The van der Waals surface area contributed by atoms with Crippen molar-refractivity contribution in [2.45, 2.75) is 19.9 Å². The number of pyridine rings is 1. The van der Waals surface area contributed by atoms with Gasteiger partial charge in [-0.3, -0.25) is 14.6 Å². The molecule has 7 nitrogen and oxygen atoms in total. The van der Waals surface area contributed by atoms with Crippen LogP contribution in [0.4, 0.5) is 5.69 Å². The third-order valence-electron chi connectivity index (χ3n) is 3.83. The zero-order valence-corrected chi connectivity index (χ0v) is 13.9. The molecule has 0 saturated carbocycles. The number of aromatic nitrogens is 1. The van der Waals surface area contributed by atoms with Crippen LogP contribution in [0.2, 0.25) is 0 Å². The van der Waals surface area contributed by atoms with Gasteiger partial charge in [-0.25, -0.2) is 0 Å². The molecular weight excluding hydrogens is 322 g/mol. The molecular formula is C18H19N3O4. The van der Waals surface area contributed by atoms with E-state index in [4.69, 9.17) is 9.47 Å². The second-order valence-corrected chi connectivity index (χ2v) is 5.66. The summed E-state index contributed by atoms with van der Waals surface area (Å²) in [7, 11) is 0. The highest BCUT2D eigenvalue weighted by Gasteiger charge is 2.15. The van der Waals surface area contributed by atoms with Gasteiger partial charge in [-0.05, 0) is 29.8 Å². The molecule has 2 aromatic rings. The van der Waals surface area contributed by atoms with Crippen molar-refractivity contribution in [1.82, 2.24) is 9.88 Å². The van der Waals surface area contributed by atoms with E-state index in [2.05, 4.69) is 10.3 Å². The lowest BCUT2D eigenvalue weighted by atomic mass is 10.2. The van der Waals surface area contributed by atoms with Crippen LogP contribution in [-0.4, -0.2) is 35.0 Å². The lowest BCUT2D eigenvalue weighted by molar-refractivity contribution is -0.129. The van der Waals surface area contributed by atoms with Gasteiger partial charge in [0.25, 0.3) is 0 Å². The van der Waals surface area contributed by atoms with Gasteiger partial charge >= 0.3 is 0 Å². The summed E-state index contributed by atoms with van der Waals surface area (Å²) in [6.45, 7) is 2.48. The number of nitrogens with zero attached hydrogens (tertiary/aromatic N) is 2. The fraction of sp³-hybridized carbons (Fsp3) is 0.278. The summed E-state index contributed by atoms with van der Waals surface area (Å²) in [6.07, 6.45) is 3.57. The molecule has 2 amide bonds. The fourth-order valence-electron chi connectivity index (χ4n) is 2.49. The first-order valence-corrected chi connectivity index (χ1v) is 7.96. The molecule has 25 heavy (non-hydrogen) atoms. The number of benzene rings is 1. The SMILES string of the molecule is CC(=O)N(CCC(=O)Nc1ccc2c(c1)OCO2)Cc1ccncc1. The zero-order valence-electron chi connectivity index (χ0n) is 13.9. The normalized spacial score (nSPS) is 11.9. The molecule has 1 N–H and O–H groups in total. The molecule has 1 aliphatic rings. The van der Waals surface area contributed by atoms with E-state index in [9.17, 15) is 9.59 Å². The Morgan fingerprint density at radius 1 is 1.16 bits per heavy atom. The molecule has 0 atom stereocenters. The third kappa shape index (κ3) is 4.47. The van der Waals surface area contributed by atoms with E-state index < -0.39 is 0 Å². The monoisotopic (exact) mass is 341 g/mol. The summed E-state index contributed by atoms with van der Waals surface area (Å²) in [5.74, 6) is 1.03. The highest BCUT2D eigenvalue weighted by atomic mass is 16.7. The average molecular weight is 341 g/mol. The van der Waals surface area contributed by atoms with E-state index in [0.717, 1.165) is 5.56 Å². The number of fused-ring (bicyclic) bond motifs is 1. The van der Waals surface area contributed by atoms with Gasteiger partial charge in [0.05, 0.1) is 0 Å². The van der Waals surface area contributed by atoms with Crippen LogP contribution in [0, 0.1) is 0 Å². The number of hydrogen-bond donors (Lipinski definition) is 1. The Hall–Kier alpha value is -3.09. The van der Waals surface area contributed by atoms with Crippen LogP contribution in [0.15, 0.2) is 42.7 Å². The van der Waals surface area contributed by atoms with E-state index in [1.54, 1.807) is 35.5 Å². The largest absolute Gasteiger partial charge is 0.454 e. The lowest BCUT2D eigenvalue weighted by Crippen LogP contribution is -2.31. The van der Waals surface area contributed by atoms with E-state index in [1.807, 2.05) is 12.1 Å². The predicted octanol–water partition coefficient (Wildman–Crippen LogP) is 2.19. The minimum absolute atomic E-state index is 0.0762. The van der Waals surface area contributed by atoms with Crippen molar-refractivity contribution in [3.05, 3.63) is 48.3 Å². The molecule has 0 fully saturated rings. The summed E-state index contributed by atoms with van der Waals surface area (Å²) in [6, 6.07) is 8.93. The van der Waals surface area contributed by atoms with Crippen molar-refractivity contribution in [3.8, 4) is 11.5 Å². The zero-order chi connectivity index (χ0) is 17.6. The molecule has 0 spiro atoms. The topological polar surface area (TPSA) is 80.8 Å². The third-order valence-corrected chi connectivity index (χ3v) is 3.83. The molecule has 0 radical (unpaired) electrons. The molecule has 130 valence electrons.